The number of nitrogens with one attached hydrogen (secondary N) is 2. The van der Waals surface area contributed by atoms with Gasteiger partial charge < -0.3 is 15.0 Å². The molecule has 2 rings (SSSR count). The molecule has 1 aromatic heterocycles. The maximum atomic E-state index is 12.2. The molecule has 0 aliphatic carbocycles. The maximum absolute atomic E-state index is 12.2. The fourth-order valence-corrected chi connectivity index (χ4v) is 3.15. The molecule has 11 nitrogen and oxygen atoms in total. The fourth-order valence-electron chi connectivity index (χ4n) is 2.01. The van der Waals surface area contributed by atoms with Gasteiger partial charge in [-0.15, -0.1) is 0 Å². The Labute approximate surface area is 185 Å². The number of hydrazone groups is 1. The summed E-state index contributed by atoms with van der Waals surface area (Å²) in [6.07, 6.45) is 1.84. The fraction of sp³-hybridized carbons (Fsp3) is 0.0667. The first kappa shape index (κ1) is 23.8. The number of rotatable bonds is 7. The highest BCUT2D eigenvalue weighted by Crippen LogP contribution is 2.44. The minimum absolute atomic E-state index is 0.0413. The van der Waals surface area contributed by atoms with Crippen molar-refractivity contribution in [3.63, 3.8) is 0 Å². The molecule has 0 atom stereocenters. The van der Waals surface area contributed by atoms with Crippen molar-refractivity contribution in [3.05, 3.63) is 51.8 Å². The van der Waals surface area contributed by atoms with E-state index >= 15 is 0 Å². The van der Waals surface area contributed by atoms with Gasteiger partial charge in [0.15, 0.2) is 10.9 Å². The number of ether oxygens (including phenoxy) is 1. The third-order valence-corrected chi connectivity index (χ3v) is 4.10. The molecular formula is C15H14Cl2N5O6PS. The third kappa shape index (κ3) is 7.75. The van der Waals surface area contributed by atoms with E-state index in [1.807, 2.05) is 0 Å². The number of thiocarbonyl (C=S) groups is 1. The molecule has 0 spiro atoms. The van der Waals surface area contributed by atoms with E-state index in [-0.39, 0.29) is 37.9 Å². The Hall–Kier alpha value is -2.47. The smallest absolute Gasteiger partial charge is 0.444 e. The number of phosphoric acid groups is 1. The topological polar surface area (TPSA) is 168 Å². The van der Waals surface area contributed by atoms with Crippen molar-refractivity contribution in [1.82, 2.24) is 10.4 Å². The van der Waals surface area contributed by atoms with Crippen molar-refractivity contribution < 1.29 is 28.4 Å². The van der Waals surface area contributed by atoms with Gasteiger partial charge in [-0.25, -0.2) is 9.36 Å². The van der Waals surface area contributed by atoms with E-state index in [0.717, 1.165) is 0 Å². The zero-order valence-electron chi connectivity index (χ0n) is 14.8. The highest BCUT2D eigenvalue weighted by atomic mass is 35.5. The summed E-state index contributed by atoms with van der Waals surface area (Å²) in [5.41, 5.74) is 8.18. The van der Waals surface area contributed by atoms with Crippen LogP contribution in [0.25, 0.3) is 0 Å². The lowest BCUT2D eigenvalue weighted by Crippen LogP contribution is -2.24. The summed E-state index contributed by atoms with van der Waals surface area (Å²) in [5.74, 6) is -0.361. The first-order chi connectivity index (χ1) is 14.0. The first-order valence-corrected chi connectivity index (χ1v) is 10.4. The van der Waals surface area contributed by atoms with E-state index in [1.54, 1.807) is 6.07 Å². The SMILES string of the molecule is NC(=S)N/N=C/c1ncccc1NC(=O)OCc1cc(Cl)cc(Cl)c1OP(=O)(O)O. The minimum atomic E-state index is -4.91. The standard InChI is InChI=1S/C15H14Cl2N5O6PS/c16-9-4-8(13(10(17)5-9)28-29(24,25)26)7-27-15(23)21-11-2-1-3-19-12(11)6-20-22-14(18)30/h1-6H,7H2,(H,21,23)(H3,18,22,30)(H2,24,25,26)/b20-6+. The van der Waals surface area contributed by atoms with E-state index in [1.165, 1.54) is 30.6 Å². The molecule has 0 aliphatic heterocycles. The molecule has 1 amide bonds. The van der Waals surface area contributed by atoms with Gasteiger partial charge >= 0.3 is 13.9 Å². The highest BCUT2D eigenvalue weighted by molar-refractivity contribution is 7.80. The number of pyridine rings is 1. The molecule has 30 heavy (non-hydrogen) atoms. The molecule has 0 unspecified atom stereocenters. The van der Waals surface area contributed by atoms with Gasteiger partial charge in [-0.3, -0.25) is 25.5 Å². The number of carbonyl (C=O) groups excluding carboxylic acids is 1. The number of carbonyl (C=O) groups is 1. The molecule has 1 aromatic carbocycles. The number of halogens is 2. The molecule has 0 saturated heterocycles. The van der Waals surface area contributed by atoms with E-state index in [9.17, 15) is 9.36 Å². The molecule has 1 heterocycles. The van der Waals surface area contributed by atoms with Gasteiger partial charge in [0.2, 0.25) is 0 Å². The summed E-state index contributed by atoms with van der Waals surface area (Å²) in [4.78, 5) is 34.3. The van der Waals surface area contributed by atoms with E-state index in [4.69, 9.17) is 43.5 Å². The lowest BCUT2D eigenvalue weighted by atomic mass is 10.2. The second-order valence-electron chi connectivity index (χ2n) is 5.33. The maximum Gasteiger partial charge on any atom is 0.524 e. The van der Waals surface area contributed by atoms with Crippen LogP contribution in [0.15, 0.2) is 35.6 Å². The van der Waals surface area contributed by atoms with Crippen LogP contribution in [0.5, 0.6) is 5.75 Å². The number of nitrogens with zero attached hydrogens (tertiary/aromatic N) is 2. The number of hydrogen-bond acceptors (Lipinski definition) is 7. The van der Waals surface area contributed by atoms with Gasteiger partial charge in [0.25, 0.3) is 0 Å². The monoisotopic (exact) mass is 493 g/mol. The summed E-state index contributed by atoms with van der Waals surface area (Å²) in [7, 11) is -4.91. The van der Waals surface area contributed by atoms with Crippen molar-refractivity contribution >= 4 is 66.4 Å². The second-order valence-corrected chi connectivity index (χ2v) is 7.78. The predicted octanol–water partition coefficient (Wildman–Crippen LogP) is 2.78. The number of hydrogen-bond donors (Lipinski definition) is 5. The highest BCUT2D eigenvalue weighted by Gasteiger charge is 2.22. The average Bonchev–Trinajstić information content (AvgIpc) is 2.62. The largest absolute Gasteiger partial charge is 0.524 e. The molecule has 0 fully saturated rings. The van der Waals surface area contributed by atoms with Crippen LogP contribution in [0, 0.1) is 0 Å². The lowest BCUT2D eigenvalue weighted by Gasteiger charge is -2.14. The van der Waals surface area contributed by atoms with Crippen molar-refractivity contribution in [3.8, 4) is 5.75 Å². The minimum Gasteiger partial charge on any atom is -0.444 e. The Bertz CT molecular complexity index is 1030. The van der Waals surface area contributed by atoms with Crippen LogP contribution < -0.4 is 21.0 Å². The second kappa shape index (κ2) is 10.5. The first-order valence-electron chi connectivity index (χ1n) is 7.75. The summed E-state index contributed by atoms with van der Waals surface area (Å²) in [6.45, 7) is -0.450. The van der Waals surface area contributed by atoms with Crippen LogP contribution in [-0.2, 0) is 15.9 Å². The van der Waals surface area contributed by atoms with Gasteiger partial charge in [-0.2, -0.15) is 5.10 Å². The zero-order valence-corrected chi connectivity index (χ0v) is 18.0. The lowest BCUT2D eigenvalue weighted by molar-refractivity contribution is 0.154. The van der Waals surface area contributed by atoms with Gasteiger partial charge in [-0.05, 0) is 36.5 Å². The van der Waals surface area contributed by atoms with Crippen molar-refractivity contribution in [2.75, 3.05) is 5.32 Å². The van der Waals surface area contributed by atoms with Crippen LogP contribution in [0.2, 0.25) is 10.0 Å². The van der Waals surface area contributed by atoms with Crippen molar-refractivity contribution in [2.45, 2.75) is 6.61 Å². The molecule has 6 N–H and O–H groups in total. The Morgan fingerprint density at radius 3 is 2.80 bits per heavy atom. The molecule has 0 radical (unpaired) electrons. The molecule has 2 aromatic rings. The van der Waals surface area contributed by atoms with E-state index in [2.05, 4.69) is 37.6 Å². The van der Waals surface area contributed by atoms with Gasteiger partial charge in [0, 0.05) is 16.8 Å². The number of aromatic nitrogens is 1. The van der Waals surface area contributed by atoms with Crippen molar-refractivity contribution in [2.24, 2.45) is 10.8 Å². The Balaban J connectivity index is 2.12. The van der Waals surface area contributed by atoms with Crippen LogP contribution in [-0.4, -0.2) is 32.2 Å². The van der Waals surface area contributed by atoms with E-state index in [0.29, 0.717) is 0 Å². The summed E-state index contributed by atoms with van der Waals surface area (Å²) in [5, 5.41) is 6.13. The number of amides is 1. The predicted molar refractivity (Wildman–Crippen MR) is 115 cm³/mol. The van der Waals surface area contributed by atoms with Crippen molar-refractivity contribution in [1.29, 1.82) is 0 Å². The van der Waals surface area contributed by atoms with Crippen LogP contribution in [0.1, 0.15) is 11.3 Å². The molecule has 0 saturated carbocycles. The van der Waals surface area contributed by atoms with E-state index < -0.39 is 20.5 Å². The third-order valence-electron chi connectivity index (χ3n) is 3.09. The number of anilines is 1. The summed E-state index contributed by atoms with van der Waals surface area (Å²) < 4.78 is 20.8. The number of nitrogens with two attached hydrogens (primary N) is 1. The van der Waals surface area contributed by atoms with Gasteiger partial charge in [-0.1, -0.05) is 23.2 Å². The quantitative estimate of drug-likeness (QED) is 0.167. The zero-order chi connectivity index (χ0) is 22.3. The van der Waals surface area contributed by atoms with Crippen LogP contribution in [0.3, 0.4) is 0 Å². The normalized spacial score (nSPS) is 11.2. The molecule has 15 heteroatoms. The van der Waals surface area contributed by atoms with Gasteiger partial charge in [0.1, 0.15) is 12.3 Å². The number of phosphoric ester groups is 1. The molecule has 0 aliphatic rings. The van der Waals surface area contributed by atoms with Crippen LogP contribution in [0.4, 0.5) is 10.5 Å². The number of benzene rings is 1. The molecular weight excluding hydrogens is 480 g/mol. The molecule has 0 bridgehead atoms. The average molecular weight is 494 g/mol. The Morgan fingerprint density at radius 2 is 2.13 bits per heavy atom. The Morgan fingerprint density at radius 1 is 1.40 bits per heavy atom. The summed E-state index contributed by atoms with van der Waals surface area (Å²) >= 11 is 16.4. The summed E-state index contributed by atoms with van der Waals surface area (Å²) in [6, 6.07) is 5.61. The molecule has 160 valence electrons. The Kier molecular flexibility index (Phi) is 8.35. The van der Waals surface area contributed by atoms with Gasteiger partial charge in [0.05, 0.1) is 16.9 Å². The van der Waals surface area contributed by atoms with Crippen LogP contribution >= 0.6 is 43.2 Å².